The smallest absolute Gasteiger partial charge is 0.377 e. The molecule has 7 rings (SSSR count). The zero-order chi connectivity index (χ0) is 41.4. The SMILES string of the molecule is O=COBc1ccc2nc3c(cc2c1)Cn1c-3cc(COC(=O)CON=C2c3cc([N+](=O)[O-])cc([N+](=O)[O-])c3-c3c2cc([N+](=O)[O-])cc3[N+](=O)[O-])c(COC=O)c1=O. The number of fused-ring (bicyclic) bond motifs is 7. The molecule has 58 heavy (non-hydrogen) atoms. The molecule has 1 aliphatic heterocycles. The van der Waals surface area contributed by atoms with E-state index in [1.165, 1.54) is 10.6 Å². The zero-order valence-electron chi connectivity index (χ0n) is 29.0. The lowest BCUT2D eigenvalue weighted by molar-refractivity contribution is -0.395. The predicted octanol–water partition coefficient (Wildman–Crippen LogP) is 2.37. The molecule has 3 heterocycles. The van der Waals surface area contributed by atoms with Gasteiger partial charge in [0.1, 0.15) is 18.9 Å². The molecular weight excluding hydrogens is 773 g/mol. The van der Waals surface area contributed by atoms with Crippen LogP contribution in [0.25, 0.3) is 33.4 Å². The molecule has 5 aromatic rings. The number of rotatable bonds is 15. The number of benzene rings is 3. The standard InChI is InChI=1S/C34H20BN7O16/c43-14-55-12-24-18(5-28-32-17(10-38(28)34(24)46)3-16-4-19(35-57-15-44)1-2-25(16)36-32)11-56-29(45)13-58-37-33-22-6-20(39(47)48)8-26(41(51)52)30(22)31-23(33)7-21(40(49)50)9-27(31)42(53)54/h1-9,14-15,35H,10-13H2. The third-order valence-electron chi connectivity index (χ3n) is 9.14. The summed E-state index contributed by atoms with van der Waals surface area (Å²) in [5.74, 6) is -1.11. The quantitative estimate of drug-likeness (QED) is 0.0359. The second kappa shape index (κ2) is 15.0. The van der Waals surface area contributed by atoms with Crippen molar-refractivity contribution in [1.29, 1.82) is 0 Å². The number of nitro benzene ring substituents is 4. The van der Waals surface area contributed by atoms with E-state index in [0.29, 0.717) is 51.9 Å². The van der Waals surface area contributed by atoms with Crippen molar-refractivity contribution in [1.82, 2.24) is 9.55 Å². The van der Waals surface area contributed by atoms with Crippen molar-refractivity contribution in [2.24, 2.45) is 5.16 Å². The second-order valence-corrected chi connectivity index (χ2v) is 12.4. The summed E-state index contributed by atoms with van der Waals surface area (Å²) < 4.78 is 16.4. The monoisotopic (exact) mass is 793 g/mol. The molecule has 23 nitrogen and oxygen atoms in total. The molecule has 0 bridgehead atoms. The van der Waals surface area contributed by atoms with Crippen LogP contribution in [0.5, 0.6) is 0 Å². The predicted molar refractivity (Wildman–Crippen MR) is 195 cm³/mol. The summed E-state index contributed by atoms with van der Waals surface area (Å²) >= 11 is 0. The van der Waals surface area contributed by atoms with E-state index in [2.05, 4.69) is 5.16 Å². The van der Waals surface area contributed by atoms with Crippen molar-refractivity contribution in [3.05, 3.63) is 133 Å². The van der Waals surface area contributed by atoms with E-state index in [4.69, 9.17) is 23.9 Å². The van der Waals surface area contributed by atoms with Crippen LogP contribution in [0.2, 0.25) is 0 Å². The van der Waals surface area contributed by atoms with Gasteiger partial charge in [0.2, 0.25) is 6.61 Å². The second-order valence-electron chi connectivity index (χ2n) is 12.4. The minimum absolute atomic E-state index is 0.0268. The molecule has 0 N–H and O–H groups in total. The van der Waals surface area contributed by atoms with Crippen molar-refractivity contribution < 1.29 is 53.0 Å². The highest BCUT2D eigenvalue weighted by atomic mass is 16.7. The molecule has 0 unspecified atom stereocenters. The Balaban J connectivity index is 1.18. The molecule has 0 spiro atoms. The Morgan fingerprint density at radius 1 is 0.845 bits per heavy atom. The molecule has 0 radical (unpaired) electrons. The lowest BCUT2D eigenvalue weighted by Crippen LogP contribution is -2.26. The summed E-state index contributed by atoms with van der Waals surface area (Å²) in [5.41, 5.74) is -3.56. The highest BCUT2D eigenvalue weighted by molar-refractivity contribution is 6.48. The Bertz CT molecular complexity index is 2700. The summed E-state index contributed by atoms with van der Waals surface area (Å²) in [6, 6.07) is 11.3. The molecule has 3 aromatic carbocycles. The van der Waals surface area contributed by atoms with E-state index in [0.717, 1.165) is 12.1 Å². The molecule has 2 aromatic heterocycles. The number of oxime groups is 1. The van der Waals surface area contributed by atoms with E-state index in [9.17, 15) is 59.6 Å². The number of nitro groups is 4. The van der Waals surface area contributed by atoms with Gasteiger partial charge in [-0.15, -0.1) is 0 Å². The number of non-ortho nitro benzene ring substituents is 2. The van der Waals surface area contributed by atoms with Gasteiger partial charge >= 0.3 is 13.5 Å². The molecule has 24 heteroatoms. The Morgan fingerprint density at radius 2 is 1.50 bits per heavy atom. The number of carbonyl (C=O) groups excluding carboxylic acids is 3. The summed E-state index contributed by atoms with van der Waals surface area (Å²) in [6.07, 6.45) is 0. The zero-order valence-corrected chi connectivity index (χ0v) is 29.0. The molecule has 2 aliphatic rings. The van der Waals surface area contributed by atoms with Gasteiger partial charge in [-0.25, -0.2) is 9.78 Å². The largest absolute Gasteiger partial charge is 0.537 e. The van der Waals surface area contributed by atoms with E-state index < -0.39 is 102 Å². The van der Waals surface area contributed by atoms with E-state index in [1.807, 2.05) is 6.07 Å². The number of hydrogen-bond donors (Lipinski definition) is 0. The Hall–Kier alpha value is -8.44. The maximum Gasteiger partial charge on any atom is 0.377 e. The summed E-state index contributed by atoms with van der Waals surface area (Å²) in [6.45, 7) is -1.49. The Kier molecular flexibility index (Phi) is 9.80. The van der Waals surface area contributed by atoms with Gasteiger partial charge in [-0.3, -0.25) is 54.8 Å². The van der Waals surface area contributed by atoms with Crippen molar-refractivity contribution in [3.8, 4) is 22.5 Å². The first-order valence-corrected chi connectivity index (χ1v) is 16.4. The molecule has 0 amide bonds. The summed E-state index contributed by atoms with van der Waals surface area (Å²) in [4.78, 5) is 102. The highest BCUT2D eigenvalue weighted by Crippen LogP contribution is 2.50. The third kappa shape index (κ3) is 6.75. The van der Waals surface area contributed by atoms with Crippen LogP contribution in [-0.4, -0.2) is 68.0 Å². The number of ether oxygens (including phenoxy) is 2. The lowest BCUT2D eigenvalue weighted by Gasteiger charge is -2.13. The van der Waals surface area contributed by atoms with Crippen LogP contribution in [0.15, 0.2) is 64.5 Å². The molecule has 0 fully saturated rings. The number of pyridine rings is 2. The topological polar surface area (TPSA) is 308 Å². The maximum atomic E-state index is 13.7. The van der Waals surface area contributed by atoms with E-state index >= 15 is 0 Å². The van der Waals surface area contributed by atoms with Gasteiger partial charge in [0, 0.05) is 39.8 Å². The average Bonchev–Trinajstić information content (AvgIpc) is 3.71. The van der Waals surface area contributed by atoms with Gasteiger partial charge in [-0.1, -0.05) is 17.3 Å². The van der Waals surface area contributed by atoms with Crippen LogP contribution >= 0.6 is 0 Å². The van der Waals surface area contributed by atoms with Gasteiger partial charge in [0.25, 0.3) is 41.3 Å². The van der Waals surface area contributed by atoms with Crippen molar-refractivity contribution in [2.45, 2.75) is 19.8 Å². The van der Waals surface area contributed by atoms with Crippen LogP contribution in [0, 0.1) is 40.5 Å². The van der Waals surface area contributed by atoms with Crippen LogP contribution in [0.1, 0.15) is 27.8 Å². The number of nitrogens with zero attached hydrogens (tertiary/aromatic N) is 7. The lowest BCUT2D eigenvalue weighted by atomic mass is 9.87. The maximum absolute atomic E-state index is 13.7. The van der Waals surface area contributed by atoms with Crippen molar-refractivity contribution >= 4 is 71.2 Å². The third-order valence-corrected chi connectivity index (χ3v) is 9.14. The van der Waals surface area contributed by atoms with Gasteiger partial charge < -0.3 is 23.5 Å². The van der Waals surface area contributed by atoms with Crippen LogP contribution in [0.3, 0.4) is 0 Å². The normalized spacial score (nSPS) is 11.7. The fourth-order valence-electron chi connectivity index (χ4n) is 6.71. The van der Waals surface area contributed by atoms with Crippen molar-refractivity contribution in [2.75, 3.05) is 6.61 Å². The molecule has 290 valence electrons. The fourth-order valence-corrected chi connectivity index (χ4v) is 6.71. The Labute approximate surface area is 320 Å². The average molecular weight is 793 g/mol. The number of carbonyl (C=O) groups is 3. The molecule has 0 saturated carbocycles. The first kappa shape index (κ1) is 37.9. The van der Waals surface area contributed by atoms with Gasteiger partial charge in [0.05, 0.1) is 72.0 Å². The number of esters is 1. The molecule has 0 atom stereocenters. The highest BCUT2D eigenvalue weighted by Gasteiger charge is 2.42. The number of hydrogen-bond acceptors (Lipinski definition) is 18. The Morgan fingerprint density at radius 3 is 2.09 bits per heavy atom. The first-order chi connectivity index (χ1) is 27.8. The number of aromatic nitrogens is 2. The fraction of sp³-hybridized carbons (Fsp3) is 0.118. The van der Waals surface area contributed by atoms with Crippen LogP contribution in [-0.2, 0) is 53.1 Å². The van der Waals surface area contributed by atoms with Crippen molar-refractivity contribution in [3.63, 3.8) is 0 Å². The minimum atomic E-state index is -1.11. The van der Waals surface area contributed by atoms with Gasteiger partial charge in [-0.2, -0.15) is 0 Å². The van der Waals surface area contributed by atoms with E-state index in [1.54, 1.807) is 18.2 Å². The van der Waals surface area contributed by atoms with Crippen LogP contribution < -0.4 is 11.0 Å². The first-order valence-electron chi connectivity index (χ1n) is 16.4. The van der Waals surface area contributed by atoms with Gasteiger partial charge in [-0.05, 0) is 23.7 Å². The molecular formula is C34H20BN7O16. The molecule has 1 aliphatic carbocycles. The molecule has 0 saturated heterocycles. The van der Waals surface area contributed by atoms with Crippen LogP contribution in [0.4, 0.5) is 22.7 Å². The minimum Gasteiger partial charge on any atom is -0.537 e. The summed E-state index contributed by atoms with van der Waals surface area (Å²) in [7, 11) is 0.0456. The van der Waals surface area contributed by atoms with Gasteiger partial charge in [0.15, 0.2) is 0 Å². The van der Waals surface area contributed by atoms with E-state index in [-0.39, 0.29) is 31.6 Å². The summed E-state index contributed by atoms with van der Waals surface area (Å²) in [5, 5.41) is 51.9.